The van der Waals surface area contributed by atoms with Gasteiger partial charge >= 0.3 is 0 Å². The third-order valence-corrected chi connectivity index (χ3v) is 5.13. The van der Waals surface area contributed by atoms with Gasteiger partial charge in [-0.15, -0.1) is 11.3 Å². The van der Waals surface area contributed by atoms with Crippen molar-refractivity contribution < 1.29 is 14.5 Å². The van der Waals surface area contributed by atoms with E-state index in [0.29, 0.717) is 23.2 Å². The predicted octanol–water partition coefficient (Wildman–Crippen LogP) is 2.55. The number of benzene rings is 1. The number of nitro groups is 1. The average Bonchev–Trinajstić information content (AvgIpc) is 3.23. The smallest absolute Gasteiger partial charge is 0.270 e. The number of non-ortho nitro benzene ring substituents is 1. The summed E-state index contributed by atoms with van der Waals surface area (Å²) in [4.78, 5) is 36.7. The van der Waals surface area contributed by atoms with Crippen LogP contribution in [-0.2, 0) is 4.79 Å². The minimum Gasteiger partial charge on any atom is -0.351 e. The summed E-state index contributed by atoms with van der Waals surface area (Å²) in [6.45, 7) is 1.91. The molecule has 1 aliphatic rings. The van der Waals surface area contributed by atoms with Gasteiger partial charge in [0.05, 0.1) is 9.80 Å². The Labute approximate surface area is 142 Å². The fourth-order valence-corrected chi connectivity index (χ4v) is 3.71. The van der Waals surface area contributed by atoms with Gasteiger partial charge < -0.3 is 10.2 Å². The van der Waals surface area contributed by atoms with Crippen molar-refractivity contribution in [2.75, 3.05) is 19.6 Å². The predicted molar refractivity (Wildman–Crippen MR) is 91.2 cm³/mol. The molecule has 0 unspecified atom stereocenters. The highest BCUT2D eigenvalue weighted by Gasteiger charge is 2.18. The number of nitro benzene ring substituents is 1. The number of likely N-dealkylation sites (tertiary alicyclic amines) is 1. The molecular weight excluding hydrogens is 330 g/mol. The molecule has 7 nitrogen and oxygen atoms in total. The minimum absolute atomic E-state index is 0.00321. The van der Waals surface area contributed by atoms with Gasteiger partial charge in [-0.25, -0.2) is 0 Å². The number of carbonyl (C=O) groups is 2. The van der Waals surface area contributed by atoms with Gasteiger partial charge in [-0.05, 0) is 25.0 Å². The Morgan fingerprint density at radius 2 is 2.00 bits per heavy atom. The molecule has 0 spiro atoms. The monoisotopic (exact) mass is 347 g/mol. The molecule has 1 N–H and O–H groups in total. The summed E-state index contributed by atoms with van der Waals surface area (Å²) in [5.74, 6) is -0.187. The Kier molecular flexibility index (Phi) is 4.75. The van der Waals surface area contributed by atoms with Crippen LogP contribution in [0.3, 0.4) is 0 Å². The summed E-state index contributed by atoms with van der Waals surface area (Å²) < 4.78 is 0.818. The van der Waals surface area contributed by atoms with Crippen LogP contribution in [0.2, 0.25) is 0 Å². The molecule has 24 heavy (non-hydrogen) atoms. The molecule has 1 aliphatic heterocycles. The van der Waals surface area contributed by atoms with Crippen molar-refractivity contribution in [3.63, 3.8) is 0 Å². The normalized spacial score (nSPS) is 14.1. The van der Waals surface area contributed by atoms with Crippen molar-refractivity contribution in [1.29, 1.82) is 0 Å². The summed E-state index contributed by atoms with van der Waals surface area (Å²) in [5, 5.41) is 14.2. The second kappa shape index (κ2) is 6.96. The second-order valence-electron chi connectivity index (χ2n) is 5.68. The number of thiophene rings is 1. The standard InChI is InChI=1S/C16H17N3O4S/c20-15(18-7-1-2-8-18)5-6-17-16(21)14-10-11-9-12(19(22)23)3-4-13(11)24-14/h3-4,9-10H,1-2,5-8H2,(H,17,21). The van der Waals surface area contributed by atoms with Gasteiger partial charge in [-0.1, -0.05) is 0 Å². The van der Waals surface area contributed by atoms with Crippen LogP contribution in [0.15, 0.2) is 24.3 Å². The third kappa shape index (κ3) is 3.53. The first-order chi connectivity index (χ1) is 11.5. The molecule has 1 fully saturated rings. The molecule has 0 saturated carbocycles. The lowest BCUT2D eigenvalue weighted by Gasteiger charge is -2.14. The summed E-state index contributed by atoms with van der Waals surface area (Å²) in [6.07, 6.45) is 2.39. The maximum atomic E-state index is 12.2. The Morgan fingerprint density at radius 1 is 1.25 bits per heavy atom. The lowest BCUT2D eigenvalue weighted by atomic mass is 10.2. The van der Waals surface area contributed by atoms with E-state index in [9.17, 15) is 19.7 Å². The van der Waals surface area contributed by atoms with E-state index in [4.69, 9.17) is 0 Å². The van der Waals surface area contributed by atoms with Crippen LogP contribution in [0.4, 0.5) is 5.69 Å². The van der Waals surface area contributed by atoms with Gasteiger partial charge in [0.25, 0.3) is 11.6 Å². The van der Waals surface area contributed by atoms with E-state index in [2.05, 4.69) is 5.32 Å². The molecule has 0 atom stereocenters. The van der Waals surface area contributed by atoms with Crippen LogP contribution >= 0.6 is 11.3 Å². The first kappa shape index (κ1) is 16.4. The van der Waals surface area contributed by atoms with Gasteiger partial charge in [0.2, 0.25) is 5.91 Å². The molecule has 1 aromatic carbocycles. The molecular formula is C16H17N3O4S. The number of fused-ring (bicyclic) bond motifs is 1. The Morgan fingerprint density at radius 3 is 2.71 bits per heavy atom. The number of nitrogens with one attached hydrogen (secondary N) is 1. The molecule has 126 valence electrons. The highest BCUT2D eigenvalue weighted by molar-refractivity contribution is 7.20. The van der Waals surface area contributed by atoms with Gasteiger partial charge in [0.15, 0.2) is 0 Å². The Hall–Kier alpha value is -2.48. The highest BCUT2D eigenvalue weighted by Crippen LogP contribution is 2.28. The van der Waals surface area contributed by atoms with Crippen molar-refractivity contribution >= 4 is 38.9 Å². The largest absolute Gasteiger partial charge is 0.351 e. The lowest BCUT2D eigenvalue weighted by Crippen LogP contribution is -2.32. The number of rotatable bonds is 5. The van der Waals surface area contributed by atoms with E-state index in [-0.39, 0.29) is 17.5 Å². The molecule has 2 aromatic rings. The van der Waals surface area contributed by atoms with Crippen LogP contribution in [0.5, 0.6) is 0 Å². The molecule has 2 heterocycles. The number of nitrogens with zero attached hydrogens (tertiary/aromatic N) is 2. The van der Waals surface area contributed by atoms with Gasteiger partial charge in [-0.3, -0.25) is 19.7 Å². The first-order valence-corrected chi connectivity index (χ1v) is 8.60. The maximum Gasteiger partial charge on any atom is 0.270 e. The molecule has 2 amide bonds. The molecule has 8 heteroatoms. The molecule has 1 saturated heterocycles. The Bertz CT molecular complexity index is 796. The molecule has 0 bridgehead atoms. The maximum absolute atomic E-state index is 12.2. The first-order valence-electron chi connectivity index (χ1n) is 7.78. The highest BCUT2D eigenvalue weighted by atomic mass is 32.1. The fraction of sp³-hybridized carbons (Fsp3) is 0.375. The fourth-order valence-electron chi connectivity index (χ4n) is 2.75. The summed E-state index contributed by atoms with van der Waals surface area (Å²) in [7, 11) is 0. The summed E-state index contributed by atoms with van der Waals surface area (Å²) in [6, 6.07) is 6.17. The summed E-state index contributed by atoms with van der Waals surface area (Å²) >= 11 is 1.28. The van der Waals surface area contributed by atoms with E-state index in [1.54, 1.807) is 12.1 Å². The molecule has 3 rings (SSSR count). The van der Waals surface area contributed by atoms with Crippen molar-refractivity contribution in [2.45, 2.75) is 19.3 Å². The van der Waals surface area contributed by atoms with Gasteiger partial charge in [0.1, 0.15) is 0 Å². The van der Waals surface area contributed by atoms with E-state index in [1.807, 2.05) is 4.90 Å². The minimum atomic E-state index is -0.458. The van der Waals surface area contributed by atoms with Gasteiger partial charge in [0, 0.05) is 48.3 Å². The Balaban J connectivity index is 1.59. The van der Waals surface area contributed by atoms with Crippen LogP contribution in [0, 0.1) is 10.1 Å². The quantitative estimate of drug-likeness (QED) is 0.664. The van der Waals surface area contributed by atoms with Crippen LogP contribution in [0.1, 0.15) is 28.9 Å². The number of hydrogen-bond donors (Lipinski definition) is 1. The zero-order valence-electron chi connectivity index (χ0n) is 13.0. The van der Waals surface area contributed by atoms with E-state index >= 15 is 0 Å². The van der Waals surface area contributed by atoms with Crippen LogP contribution in [0.25, 0.3) is 10.1 Å². The van der Waals surface area contributed by atoms with Crippen molar-refractivity contribution in [2.24, 2.45) is 0 Å². The SMILES string of the molecule is O=C(NCCC(=O)N1CCCC1)c1cc2cc([N+](=O)[O-])ccc2s1. The second-order valence-corrected chi connectivity index (χ2v) is 6.77. The summed E-state index contributed by atoms with van der Waals surface area (Å²) in [5.41, 5.74) is 0.00321. The molecule has 0 aliphatic carbocycles. The number of amides is 2. The van der Waals surface area contributed by atoms with Crippen LogP contribution in [-0.4, -0.2) is 41.3 Å². The molecule has 0 radical (unpaired) electrons. The van der Waals surface area contributed by atoms with Gasteiger partial charge in [-0.2, -0.15) is 0 Å². The van der Waals surface area contributed by atoms with Crippen molar-refractivity contribution in [1.82, 2.24) is 10.2 Å². The van der Waals surface area contributed by atoms with Crippen molar-refractivity contribution in [3.8, 4) is 0 Å². The zero-order chi connectivity index (χ0) is 17.1. The lowest BCUT2D eigenvalue weighted by molar-refractivity contribution is -0.384. The number of hydrogen-bond acceptors (Lipinski definition) is 5. The van der Waals surface area contributed by atoms with E-state index in [1.165, 1.54) is 23.5 Å². The average molecular weight is 347 g/mol. The topological polar surface area (TPSA) is 92.6 Å². The zero-order valence-corrected chi connectivity index (χ0v) is 13.8. The number of carbonyl (C=O) groups excluding carboxylic acids is 2. The van der Waals surface area contributed by atoms with E-state index < -0.39 is 4.92 Å². The van der Waals surface area contributed by atoms with Crippen molar-refractivity contribution in [3.05, 3.63) is 39.3 Å². The van der Waals surface area contributed by atoms with E-state index in [0.717, 1.165) is 30.6 Å². The third-order valence-electron chi connectivity index (χ3n) is 4.02. The van der Waals surface area contributed by atoms with Crippen LogP contribution < -0.4 is 5.32 Å². The molecule has 1 aromatic heterocycles.